The number of hydrogen-bond acceptors (Lipinski definition) is 3. The summed E-state index contributed by atoms with van der Waals surface area (Å²) in [5.41, 5.74) is 0.877. The molecular weight excluding hydrogens is 291 g/mol. The third-order valence-electron chi connectivity index (χ3n) is 3.78. The summed E-state index contributed by atoms with van der Waals surface area (Å²) in [6, 6.07) is 2.34. The van der Waals surface area contributed by atoms with E-state index in [9.17, 15) is 12.8 Å². The molecule has 6 heteroatoms. The van der Waals surface area contributed by atoms with Crippen molar-refractivity contribution in [1.82, 2.24) is 9.62 Å². The van der Waals surface area contributed by atoms with E-state index in [0.717, 1.165) is 13.1 Å². The van der Waals surface area contributed by atoms with E-state index in [1.54, 1.807) is 13.8 Å². The SMILES string of the molecule is Cc1cc(F)cc(C)c1S(=O)(=O)NC(C)CN1CCCC1. The minimum Gasteiger partial charge on any atom is -0.302 e. The molecule has 1 heterocycles. The van der Waals surface area contributed by atoms with Crippen molar-refractivity contribution < 1.29 is 12.8 Å². The van der Waals surface area contributed by atoms with Gasteiger partial charge in [0.05, 0.1) is 4.90 Å². The van der Waals surface area contributed by atoms with Gasteiger partial charge in [0.2, 0.25) is 10.0 Å². The lowest BCUT2D eigenvalue weighted by Crippen LogP contribution is -2.41. The lowest BCUT2D eigenvalue weighted by Gasteiger charge is -2.22. The highest BCUT2D eigenvalue weighted by atomic mass is 32.2. The van der Waals surface area contributed by atoms with Crippen molar-refractivity contribution in [3.63, 3.8) is 0 Å². The molecule has 21 heavy (non-hydrogen) atoms. The predicted molar refractivity (Wildman–Crippen MR) is 81.3 cm³/mol. The van der Waals surface area contributed by atoms with Gasteiger partial charge in [0.1, 0.15) is 5.82 Å². The van der Waals surface area contributed by atoms with E-state index in [1.165, 1.54) is 25.0 Å². The van der Waals surface area contributed by atoms with Gasteiger partial charge >= 0.3 is 0 Å². The predicted octanol–water partition coefficient (Wildman–Crippen LogP) is 2.21. The van der Waals surface area contributed by atoms with Gasteiger partial charge in [-0.05, 0) is 70.0 Å². The summed E-state index contributed by atoms with van der Waals surface area (Å²) in [4.78, 5) is 2.45. The van der Waals surface area contributed by atoms with Crippen LogP contribution in [0.3, 0.4) is 0 Å². The van der Waals surface area contributed by atoms with Crippen LogP contribution in [0.2, 0.25) is 0 Å². The fourth-order valence-corrected chi connectivity index (χ4v) is 4.72. The van der Waals surface area contributed by atoms with Crippen molar-refractivity contribution in [1.29, 1.82) is 0 Å². The highest BCUT2D eigenvalue weighted by Crippen LogP contribution is 2.21. The molecule has 1 unspecified atom stereocenters. The molecule has 4 nitrogen and oxygen atoms in total. The van der Waals surface area contributed by atoms with E-state index >= 15 is 0 Å². The number of nitrogens with one attached hydrogen (secondary N) is 1. The quantitative estimate of drug-likeness (QED) is 0.906. The zero-order chi connectivity index (χ0) is 15.6. The van der Waals surface area contributed by atoms with Gasteiger partial charge in [0, 0.05) is 12.6 Å². The van der Waals surface area contributed by atoms with E-state index in [1.807, 2.05) is 6.92 Å². The van der Waals surface area contributed by atoms with E-state index in [0.29, 0.717) is 17.7 Å². The van der Waals surface area contributed by atoms with E-state index in [-0.39, 0.29) is 10.9 Å². The van der Waals surface area contributed by atoms with Gasteiger partial charge in [0.15, 0.2) is 0 Å². The van der Waals surface area contributed by atoms with E-state index in [4.69, 9.17) is 0 Å². The van der Waals surface area contributed by atoms with Crippen LogP contribution in [0.4, 0.5) is 4.39 Å². The normalized spacial score (nSPS) is 18.1. The van der Waals surface area contributed by atoms with Crippen molar-refractivity contribution in [3.05, 3.63) is 29.1 Å². The molecule has 0 bridgehead atoms. The second-order valence-corrected chi connectivity index (χ2v) is 7.55. The monoisotopic (exact) mass is 314 g/mol. The Balaban J connectivity index is 2.14. The van der Waals surface area contributed by atoms with Crippen LogP contribution in [0.25, 0.3) is 0 Å². The molecule has 1 atom stereocenters. The fourth-order valence-electron chi connectivity index (χ4n) is 3.03. The minimum atomic E-state index is -3.62. The van der Waals surface area contributed by atoms with Gasteiger partial charge in [-0.1, -0.05) is 0 Å². The van der Waals surface area contributed by atoms with Crippen LogP contribution in [0.5, 0.6) is 0 Å². The third-order valence-corrected chi connectivity index (χ3v) is 5.67. The molecule has 0 spiro atoms. The summed E-state index contributed by atoms with van der Waals surface area (Å²) in [6.07, 6.45) is 2.35. The third kappa shape index (κ3) is 4.02. The molecule has 0 saturated carbocycles. The Labute approximate surface area is 126 Å². The van der Waals surface area contributed by atoms with Crippen molar-refractivity contribution in [2.24, 2.45) is 0 Å². The lowest BCUT2D eigenvalue weighted by molar-refractivity contribution is 0.312. The Kier molecular flexibility index (Phi) is 5.01. The molecule has 1 fully saturated rings. The van der Waals surface area contributed by atoms with Gasteiger partial charge in [-0.15, -0.1) is 0 Å². The standard InChI is InChI=1S/C15H23FN2O2S/c1-11-8-14(16)9-12(2)15(11)21(19,20)17-13(3)10-18-6-4-5-7-18/h8-9,13,17H,4-7,10H2,1-3H3. The number of aryl methyl sites for hydroxylation is 2. The van der Waals surface area contributed by atoms with Gasteiger partial charge in [-0.2, -0.15) is 0 Å². The largest absolute Gasteiger partial charge is 0.302 e. The van der Waals surface area contributed by atoms with Crippen LogP contribution in [-0.2, 0) is 10.0 Å². The number of halogens is 1. The number of hydrogen-bond donors (Lipinski definition) is 1. The summed E-state index contributed by atoms with van der Waals surface area (Å²) in [5, 5.41) is 0. The maximum atomic E-state index is 13.3. The number of nitrogens with zero attached hydrogens (tertiary/aromatic N) is 1. The average Bonchev–Trinajstić information content (AvgIpc) is 2.78. The molecule has 1 aromatic rings. The Morgan fingerprint density at radius 1 is 1.24 bits per heavy atom. The smallest absolute Gasteiger partial charge is 0.241 e. The first-order chi connectivity index (χ1) is 9.79. The van der Waals surface area contributed by atoms with Crippen molar-refractivity contribution >= 4 is 10.0 Å². The number of sulfonamides is 1. The molecule has 0 radical (unpaired) electrons. The molecule has 2 rings (SSSR count). The summed E-state index contributed by atoms with van der Waals surface area (Å²) in [6.45, 7) is 7.87. The van der Waals surface area contributed by atoms with Crippen LogP contribution >= 0.6 is 0 Å². The van der Waals surface area contributed by atoms with Gasteiger partial charge in [-0.3, -0.25) is 0 Å². The summed E-state index contributed by atoms with van der Waals surface area (Å²) in [5.74, 6) is -0.408. The Morgan fingerprint density at radius 3 is 2.29 bits per heavy atom. The molecule has 0 aliphatic carbocycles. The molecule has 0 amide bonds. The van der Waals surface area contributed by atoms with Crippen LogP contribution in [0.15, 0.2) is 17.0 Å². The summed E-state index contributed by atoms with van der Waals surface area (Å²) >= 11 is 0. The number of likely N-dealkylation sites (tertiary alicyclic amines) is 1. The molecule has 0 aromatic heterocycles. The average molecular weight is 314 g/mol. The zero-order valence-corrected chi connectivity index (χ0v) is 13.6. The van der Waals surface area contributed by atoms with Crippen molar-refractivity contribution in [2.45, 2.75) is 44.6 Å². The zero-order valence-electron chi connectivity index (χ0n) is 12.8. The van der Waals surface area contributed by atoms with Gasteiger partial charge in [-0.25, -0.2) is 17.5 Å². The topological polar surface area (TPSA) is 49.4 Å². The van der Waals surface area contributed by atoms with Crippen molar-refractivity contribution in [3.8, 4) is 0 Å². The molecule has 1 saturated heterocycles. The molecule has 118 valence electrons. The van der Waals surface area contributed by atoms with E-state index in [2.05, 4.69) is 9.62 Å². The maximum Gasteiger partial charge on any atom is 0.241 e. The van der Waals surface area contributed by atoms with Gasteiger partial charge < -0.3 is 4.90 Å². The van der Waals surface area contributed by atoms with Crippen LogP contribution in [0, 0.1) is 19.7 Å². The maximum absolute atomic E-state index is 13.3. The highest BCUT2D eigenvalue weighted by molar-refractivity contribution is 7.89. The number of rotatable bonds is 5. The second kappa shape index (κ2) is 6.42. The first-order valence-corrected chi connectivity index (χ1v) is 8.79. The van der Waals surface area contributed by atoms with Crippen LogP contribution < -0.4 is 4.72 Å². The first-order valence-electron chi connectivity index (χ1n) is 7.31. The molecule has 1 aliphatic heterocycles. The Hall–Kier alpha value is -0.980. The minimum absolute atomic E-state index is 0.169. The van der Waals surface area contributed by atoms with E-state index < -0.39 is 15.8 Å². The Bertz CT molecular complexity index is 587. The van der Waals surface area contributed by atoms with Gasteiger partial charge in [0.25, 0.3) is 0 Å². The second-order valence-electron chi connectivity index (χ2n) is 5.90. The summed E-state index contributed by atoms with van der Waals surface area (Å²) < 4.78 is 41.1. The lowest BCUT2D eigenvalue weighted by atomic mass is 10.1. The van der Waals surface area contributed by atoms with Crippen LogP contribution in [-0.4, -0.2) is 39.0 Å². The molecular formula is C15H23FN2O2S. The first kappa shape index (κ1) is 16.4. The van der Waals surface area contributed by atoms with Crippen molar-refractivity contribution in [2.75, 3.05) is 19.6 Å². The number of benzene rings is 1. The molecule has 1 aromatic carbocycles. The molecule has 1 aliphatic rings. The molecule has 1 N–H and O–H groups in total. The highest BCUT2D eigenvalue weighted by Gasteiger charge is 2.24. The summed E-state index contributed by atoms with van der Waals surface area (Å²) in [7, 11) is -3.62. The van der Waals surface area contributed by atoms with Crippen LogP contribution in [0.1, 0.15) is 30.9 Å². The Morgan fingerprint density at radius 2 is 1.76 bits per heavy atom. The fraction of sp³-hybridized carbons (Fsp3) is 0.600.